The lowest BCUT2D eigenvalue weighted by molar-refractivity contribution is -0.137. The van der Waals surface area contributed by atoms with E-state index >= 15 is 0 Å². The maximum absolute atomic E-state index is 13.2. The van der Waals surface area contributed by atoms with E-state index < -0.39 is 11.7 Å². The second-order valence-electron chi connectivity index (χ2n) is 6.06. The molecule has 0 radical (unpaired) electrons. The zero-order valence-electron chi connectivity index (χ0n) is 13.3. The maximum atomic E-state index is 13.2. The number of alkyl halides is 3. The average molecular weight is 332 g/mol. The highest BCUT2D eigenvalue weighted by Gasteiger charge is 2.33. The molecule has 0 amide bonds. The number of aliphatic imine (C=N–C) groups is 1. The predicted molar refractivity (Wildman–Crippen MR) is 89.1 cm³/mol. The molecule has 0 saturated heterocycles. The van der Waals surface area contributed by atoms with Crippen LogP contribution in [0, 0.1) is 0 Å². The van der Waals surface area contributed by atoms with Gasteiger partial charge in [0.2, 0.25) is 0 Å². The van der Waals surface area contributed by atoms with Gasteiger partial charge in [-0.15, -0.1) is 0 Å². The molecular formula is C19H19F3N2. The molecule has 0 atom stereocenters. The second kappa shape index (κ2) is 7.16. The van der Waals surface area contributed by atoms with E-state index in [9.17, 15) is 13.2 Å². The minimum atomic E-state index is -4.40. The highest BCUT2D eigenvalue weighted by atomic mass is 19.4. The molecule has 24 heavy (non-hydrogen) atoms. The molecule has 2 aromatic rings. The molecule has 0 unspecified atom stereocenters. The third-order valence-corrected chi connectivity index (χ3v) is 4.27. The van der Waals surface area contributed by atoms with Gasteiger partial charge in [-0.25, -0.2) is 4.98 Å². The molecule has 1 aliphatic rings. The van der Waals surface area contributed by atoms with Crippen LogP contribution >= 0.6 is 0 Å². The molecule has 1 heterocycles. The topological polar surface area (TPSA) is 25.2 Å². The Morgan fingerprint density at radius 1 is 0.958 bits per heavy atom. The standard InChI is InChI=1S/C19H19F3N2/c20-19(21,22)17-11-5-4-10-16(17)18-12-6-9-15(24-18)13-23-14-7-2-1-3-8-14/h4-6,9-14H,1-3,7-8H2. The molecule has 0 bridgehead atoms. The number of nitrogens with zero attached hydrogens (tertiary/aromatic N) is 2. The Balaban J connectivity index is 1.87. The van der Waals surface area contributed by atoms with Gasteiger partial charge < -0.3 is 0 Å². The van der Waals surface area contributed by atoms with Crippen LogP contribution in [-0.2, 0) is 6.18 Å². The van der Waals surface area contributed by atoms with Crippen molar-refractivity contribution in [2.45, 2.75) is 44.3 Å². The van der Waals surface area contributed by atoms with E-state index in [2.05, 4.69) is 9.98 Å². The van der Waals surface area contributed by atoms with Crippen LogP contribution in [0.3, 0.4) is 0 Å². The van der Waals surface area contributed by atoms with Crippen molar-refractivity contribution < 1.29 is 13.2 Å². The molecule has 5 heteroatoms. The summed E-state index contributed by atoms with van der Waals surface area (Å²) in [7, 11) is 0. The SMILES string of the molecule is FC(F)(F)c1ccccc1-c1cccc(C=NC2CCCCC2)n1. The van der Waals surface area contributed by atoms with Gasteiger partial charge in [0, 0.05) is 11.8 Å². The molecule has 2 nitrogen and oxygen atoms in total. The number of pyridine rings is 1. The van der Waals surface area contributed by atoms with Gasteiger partial charge in [-0.1, -0.05) is 43.5 Å². The summed E-state index contributed by atoms with van der Waals surface area (Å²) in [5.41, 5.74) is 0.336. The van der Waals surface area contributed by atoms with E-state index in [-0.39, 0.29) is 5.56 Å². The third-order valence-electron chi connectivity index (χ3n) is 4.27. The van der Waals surface area contributed by atoms with Crippen LogP contribution in [0.1, 0.15) is 43.4 Å². The Kier molecular flexibility index (Phi) is 4.97. The van der Waals surface area contributed by atoms with Gasteiger partial charge in [-0.05, 0) is 31.0 Å². The Bertz CT molecular complexity index is 717. The number of hydrogen-bond acceptors (Lipinski definition) is 2. The maximum Gasteiger partial charge on any atom is 0.417 e. The smallest absolute Gasteiger partial charge is 0.288 e. The Hall–Kier alpha value is -2.17. The normalized spacial score (nSPS) is 16.6. The molecular weight excluding hydrogens is 313 g/mol. The van der Waals surface area contributed by atoms with Crippen LogP contribution in [0.25, 0.3) is 11.3 Å². The van der Waals surface area contributed by atoms with Gasteiger partial charge in [-0.3, -0.25) is 4.99 Å². The first-order valence-electron chi connectivity index (χ1n) is 8.21. The van der Waals surface area contributed by atoms with Gasteiger partial charge in [0.25, 0.3) is 0 Å². The highest BCUT2D eigenvalue weighted by Crippen LogP contribution is 2.36. The third kappa shape index (κ3) is 4.02. The van der Waals surface area contributed by atoms with E-state index in [1.54, 1.807) is 30.5 Å². The quantitative estimate of drug-likeness (QED) is 0.680. The monoisotopic (exact) mass is 332 g/mol. The van der Waals surface area contributed by atoms with Crippen molar-refractivity contribution >= 4 is 6.21 Å². The minimum Gasteiger partial charge on any atom is -0.288 e. The van der Waals surface area contributed by atoms with Gasteiger partial charge in [0.15, 0.2) is 0 Å². The van der Waals surface area contributed by atoms with Crippen LogP contribution in [0.5, 0.6) is 0 Å². The molecule has 1 fully saturated rings. The lowest BCUT2D eigenvalue weighted by Crippen LogP contribution is -2.10. The first-order chi connectivity index (χ1) is 11.5. The Morgan fingerprint density at radius 2 is 1.71 bits per heavy atom. The van der Waals surface area contributed by atoms with E-state index in [4.69, 9.17) is 0 Å². The molecule has 1 saturated carbocycles. The summed E-state index contributed by atoms with van der Waals surface area (Å²) < 4.78 is 39.5. The molecule has 126 valence electrons. The van der Waals surface area contributed by atoms with Crippen molar-refractivity contribution in [1.29, 1.82) is 0 Å². The van der Waals surface area contributed by atoms with E-state index in [0.717, 1.165) is 18.9 Å². The fraction of sp³-hybridized carbons (Fsp3) is 0.368. The van der Waals surface area contributed by atoms with Crippen molar-refractivity contribution in [2.75, 3.05) is 0 Å². The van der Waals surface area contributed by atoms with Gasteiger partial charge in [0.1, 0.15) is 0 Å². The summed E-state index contributed by atoms with van der Waals surface area (Å²) in [4.78, 5) is 8.90. The zero-order chi connectivity index (χ0) is 17.0. The summed E-state index contributed by atoms with van der Waals surface area (Å²) in [6.07, 6.45) is 3.08. The Morgan fingerprint density at radius 3 is 2.46 bits per heavy atom. The second-order valence-corrected chi connectivity index (χ2v) is 6.06. The summed E-state index contributed by atoms with van der Waals surface area (Å²) in [5.74, 6) is 0. The molecule has 3 rings (SSSR count). The van der Waals surface area contributed by atoms with E-state index in [1.807, 2.05) is 0 Å². The van der Waals surface area contributed by atoms with Crippen LogP contribution in [0.15, 0.2) is 47.5 Å². The number of aromatic nitrogens is 1. The Labute approximate surface area is 139 Å². The van der Waals surface area contributed by atoms with Crippen LogP contribution in [0.2, 0.25) is 0 Å². The van der Waals surface area contributed by atoms with Gasteiger partial charge >= 0.3 is 6.18 Å². The highest BCUT2D eigenvalue weighted by molar-refractivity contribution is 5.78. The van der Waals surface area contributed by atoms with Crippen molar-refractivity contribution in [3.8, 4) is 11.3 Å². The zero-order valence-corrected chi connectivity index (χ0v) is 13.3. The van der Waals surface area contributed by atoms with Crippen LogP contribution < -0.4 is 0 Å². The first kappa shape index (κ1) is 16.7. The van der Waals surface area contributed by atoms with Crippen molar-refractivity contribution in [2.24, 2.45) is 4.99 Å². The number of rotatable bonds is 3. The summed E-state index contributed by atoms with van der Waals surface area (Å²) in [6, 6.07) is 10.9. The molecule has 1 aromatic heterocycles. The number of benzene rings is 1. The first-order valence-corrected chi connectivity index (χ1v) is 8.21. The van der Waals surface area contributed by atoms with Crippen molar-refractivity contribution in [3.05, 3.63) is 53.7 Å². The van der Waals surface area contributed by atoms with Gasteiger partial charge in [-0.2, -0.15) is 13.2 Å². The van der Waals surface area contributed by atoms with E-state index in [0.29, 0.717) is 17.4 Å². The number of hydrogen-bond donors (Lipinski definition) is 0. The average Bonchev–Trinajstić information content (AvgIpc) is 2.60. The largest absolute Gasteiger partial charge is 0.417 e. The van der Waals surface area contributed by atoms with Crippen molar-refractivity contribution in [3.63, 3.8) is 0 Å². The minimum absolute atomic E-state index is 0.0953. The van der Waals surface area contributed by atoms with Crippen LogP contribution in [-0.4, -0.2) is 17.2 Å². The fourth-order valence-electron chi connectivity index (χ4n) is 3.04. The summed E-state index contributed by atoms with van der Waals surface area (Å²) >= 11 is 0. The van der Waals surface area contributed by atoms with Crippen LogP contribution in [0.4, 0.5) is 13.2 Å². The molecule has 1 aliphatic carbocycles. The lowest BCUT2D eigenvalue weighted by atomic mass is 9.96. The molecule has 1 aromatic carbocycles. The summed E-state index contributed by atoms with van der Waals surface area (Å²) in [5, 5.41) is 0. The molecule has 0 N–H and O–H groups in total. The van der Waals surface area contributed by atoms with Crippen molar-refractivity contribution in [1.82, 2.24) is 4.98 Å². The summed E-state index contributed by atoms with van der Waals surface area (Å²) in [6.45, 7) is 0. The molecule has 0 spiro atoms. The predicted octanol–water partition coefficient (Wildman–Crippen LogP) is 5.52. The van der Waals surface area contributed by atoms with Gasteiger partial charge in [0.05, 0.1) is 23.0 Å². The molecule has 0 aliphatic heterocycles. The fourth-order valence-corrected chi connectivity index (χ4v) is 3.04. The van der Waals surface area contributed by atoms with E-state index in [1.165, 1.54) is 31.4 Å². The lowest BCUT2D eigenvalue weighted by Gasteiger charge is -2.17. The number of halogens is 3.